The Morgan fingerprint density at radius 1 is 1.19 bits per heavy atom. The number of aliphatic hydroxyl groups is 1. The van der Waals surface area contributed by atoms with Crippen molar-refractivity contribution in [2.24, 2.45) is 7.05 Å². The Morgan fingerprint density at radius 3 is 2.50 bits per heavy atom. The highest BCUT2D eigenvalue weighted by molar-refractivity contribution is 5.45. The van der Waals surface area contributed by atoms with Crippen LogP contribution in [0.3, 0.4) is 0 Å². The molecule has 0 atom stereocenters. The second kappa shape index (κ2) is 13.0. The maximum Gasteiger partial charge on any atom is 0.347 e. The fraction of sp³-hybridized carbons (Fsp3) is 0.542. The Hall–Kier alpha value is -2.71. The standard InChI is InChI=1S/C24H37N5O3/c1-5-10-22(21(6-2)20(3)11-9-18-30)28-16-14-27(15-17-28)12-7-8-13-29-24(32)26(4)23(31)19-25-29/h6,9-11,19,30H,2,5,7-8,12-18H2,1,3-4H3/b11-9-,21-20+,22-10+. The summed E-state index contributed by atoms with van der Waals surface area (Å²) < 4.78 is 2.44. The van der Waals surface area contributed by atoms with Gasteiger partial charge in [0.25, 0.3) is 5.56 Å². The van der Waals surface area contributed by atoms with Gasteiger partial charge in [0.1, 0.15) is 6.20 Å². The number of rotatable bonds is 11. The molecule has 176 valence electrons. The van der Waals surface area contributed by atoms with Gasteiger partial charge in [-0.1, -0.05) is 37.8 Å². The summed E-state index contributed by atoms with van der Waals surface area (Å²) in [4.78, 5) is 28.3. The molecule has 2 heterocycles. The van der Waals surface area contributed by atoms with Crippen LogP contribution in [0.4, 0.5) is 0 Å². The third-order valence-corrected chi connectivity index (χ3v) is 5.73. The fourth-order valence-corrected chi connectivity index (χ4v) is 3.87. The van der Waals surface area contributed by atoms with Crippen molar-refractivity contribution in [1.82, 2.24) is 24.1 Å². The van der Waals surface area contributed by atoms with Gasteiger partial charge in [-0.3, -0.25) is 14.3 Å². The number of nitrogens with zero attached hydrogens (tertiary/aromatic N) is 5. The molecule has 1 aromatic heterocycles. The predicted octanol–water partition coefficient (Wildman–Crippen LogP) is 1.68. The number of aromatic nitrogens is 3. The van der Waals surface area contributed by atoms with E-state index in [0.717, 1.165) is 67.7 Å². The second-order valence-corrected chi connectivity index (χ2v) is 7.97. The average molecular weight is 444 g/mol. The first-order valence-electron chi connectivity index (χ1n) is 11.3. The predicted molar refractivity (Wildman–Crippen MR) is 128 cm³/mol. The van der Waals surface area contributed by atoms with E-state index in [2.05, 4.69) is 34.5 Å². The highest BCUT2D eigenvalue weighted by atomic mass is 16.2. The molecule has 1 aliphatic rings. The second-order valence-electron chi connectivity index (χ2n) is 7.97. The van der Waals surface area contributed by atoms with Gasteiger partial charge in [0.15, 0.2) is 0 Å². The molecule has 0 aliphatic carbocycles. The molecule has 1 aromatic rings. The van der Waals surface area contributed by atoms with Gasteiger partial charge in [-0.2, -0.15) is 5.10 Å². The van der Waals surface area contributed by atoms with Gasteiger partial charge in [-0.15, -0.1) is 0 Å². The summed E-state index contributed by atoms with van der Waals surface area (Å²) in [5, 5.41) is 13.0. The van der Waals surface area contributed by atoms with E-state index < -0.39 is 0 Å². The van der Waals surface area contributed by atoms with Gasteiger partial charge in [0.05, 0.1) is 6.61 Å². The molecule has 0 saturated carbocycles. The van der Waals surface area contributed by atoms with Gasteiger partial charge in [0.2, 0.25) is 0 Å². The van der Waals surface area contributed by atoms with Crippen LogP contribution < -0.4 is 11.2 Å². The topological polar surface area (TPSA) is 83.6 Å². The van der Waals surface area contributed by atoms with E-state index in [4.69, 9.17) is 5.11 Å². The fourth-order valence-electron chi connectivity index (χ4n) is 3.87. The van der Waals surface area contributed by atoms with Gasteiger partial charge in [-0.25, -0.2) is 9.48 Å². The molecular weight excluding hydrogens is 406 g/mol. The first-order chi connectivity index (χ1) is 15.4. The SMILES string of the molecule is C=CC(/C(=C\CC)N1CCN(CCCCn2ncc(=O)n(C)c2=O)CC1)=C(C)\C=C/CO. The van der Waals surface area contributed by atoms with Crippen LogP contribution in [0.1, 0.15) is 33.1 Å². The van der Waals surface area contributed by atoms with Gasteiger partial charge < -0.3 is 10.0 Å². The van der Waals surface area contributed by atoms with Crippen LogP contribution in [0.2, 0.25) is 0 Å². The molecule has 1 fully saturated rings. The minimum atomic E-state index is -0.380. The summed E-state index contributed by atoms with van der Waals surface area (Å²) in [6, 6.07) is 0. The Bertz CT molecular complexity index is 963. The molecule has 1 saturated heterocycles. The van der Waals surface area contributed by atoms with E-state index in [1.807, 2.05) is 19.1 Å². The molecule has 1 N–H and O–H groups in total. The number of aliphatic hydroxyl groups excluding tert-OH is 1. The molecular formula is C24H37N5O3. The molecule has 2 rings (SSSR count). The normalized spacial score (nSPS) is 16.5. The molecule has 8 heteroatoms. The zero-order chi connectivity index (χ0) is 23.5. The number of unbranched alkanes of at least 4 members (excludes halogenated alkanes) is 1. The molecule has 0 spiro atoms. The molecule has 0 bridgehead atoms. The van der Waals surface area contributed by atoms with Gasteiger partial charge >= 0.3 is 5.69 Å². The van der Waals surface area contributed by atoms with Crippen molar-refractivity contribution < 1.29 is 5.11 Å². The van der Waals surface area contributed by atoms with E-state index in [1.54, 1.807) is 6.08 Å². The molecule has 0 unspecified atom stereocenters. The van der Waals surface area contributed by atoms with Crippen LogP contribution in [0, 0.1) is 0 Å². The lowest BCUT2D eigenvalue weighted by molar-refractivity contribution is 0.158. The lowest BCUT2D eigenvalue weighted by Gasteiger charge is -2.38. The lowest BCUT2D eigenvalue weighted by Crippen LogP contribution is -2.46. The molecule has 8 nitrogen and oxygen atoms in total. The number of piperazine rings is 1. The summed E-state index contributed by atoms with van der Waals surface area (Å²) in [6.07, 6.45) is 11.8. The summed E-state index contributed by atoms with van der Waals surface area (Å²) in [6.45, 7) is 13.6. The van der Waals surface area contributed by atoms with Crippen molar-refractivity contribution in [3.05, 3.63) is 74.8 Å². The maximum atomic E-state index is 12.0. The smallest absolute Gasteiger partial charge is 0.347 e. The van der Waals surface area contributed by atoms with Crippen LogP contribution in [-0.4, -0.2) is 68.6 Å². The van der Waals surface area contributed by atoms with Crippen molar-refractivity contribution in [3.63, 3.8) is 0 Å². The van der Waals surface area contributed by atoms with Crippen molar-refractivity contribution in [3.8, 4) is 0 Å². The minimum absolute atomic E-state index is 0.0281. The van der Waals surface area contributed by atoms with E-state index in [1.165, 1.54) is 23.6 Å². The van der Waals surface area contributed by atoms with Crippen molar-refractivity contribution in [2.75, 3.05) is 39.3 Å². The highest BCUT2D eigenvalue weighted by Crippen LogP contribution is 2.23. The molecule has 0 aromatic carbocycles. The summed E-state index contributed by atoms with van der Waals surface area (Å²) in [5.74, 6) is 0. The van der Waals surface area contributed by atoms with Crippen LogP contribution in [0.25, 0.3) is 0 Å². The van der Waals surface area contributed by atoms with E-state index in [9.17, 15) is 9.59 Å². The third kappa shape index (κ3) is 6.90. The largest absolute Gasteiger partial charge is 0.392 e. The Morgan fingerprint density at radius 2 is 1.88 bits per heavy atom. The third-order valence-electron chi connectivity index (χ3n) is 5.73. The molecule has 1 aliphatic heterocycles. The Balaban J connectivity index is 1.89. The quantitative estimate of drug-likeness (QED) is 0.414. The van der Waals surface area contributed by atoms with Crippen LogP contribution >= 0.6 is 0 Å². The summed E-state index contributed by atoms with van der Waals surface area (Å²) >= 11 is 0. The first-order valence-corrected chi connectivity index (χ1v) is 11.3. The zero-order valence-electron chi connectivity index (χ0n) is 19.7. The van der Waals surface area contributed by atoms with Gasteiger partial charge in [0, 0.05) is 45.5 Å². The van der Waals surface area contributed by atoms with Crippen LogP contribution in [0.5, 0.6) is 0 Å². The number of hydrogen-bond donors (Lipinski definition) is 1. The van der Waals surface area contributed by atoms with E-state index >= 15 is 0 Å². The van der Waals surface area contributed by atoms with Gasteiger partial charge in [-0.05, 0) is 43.9 Å². The van der Waals surface area contributed by atoms with Crippen molar-refractivity contribution >= 4 is 0 Å². The maximum absolute atomic E-state index is 12.0. The van der Waals surface area contributed by atoms with E-state index in [0.29, 0.717) is 6.54 Å². The molecule has 0 radical (unpaired) electrons. The first kappa shape index (κ1) is 25.5. The number of aryl methyl sites for hydroxylation is 1. The van der Waals surface area contributed by atoms with Crippen molar-refractivity contribution in [2.45, 2.75) is 39.7 Å². The Kier molecular flexibility index (Phi) is 10.4. The minimum Gasteiger partial charge on any atom is -0.392 e. The number of hydrogen-bond acceptors (Lipinski definition) is 6. The monoisotopic (exact) mass is 443 g/mol. The average Bonchev–Trinajstić information content (AvgIpc) is 2.80. The van der Waals surface area contributed by atoms with Crippen LogP contribution in [0.15, 0.2) is 63.5 Å². The molecule has 32 heavy (non-hydrogen) atoms. The lowest BCUT2D eigenvalue weighted by atomic mass is 10.0. The number of allylic oxidation sites excluding steroid dienone is 4. The zero-order valence-corrected chi connectivity index (χ0v) is 19.7. The summed E-state index contributed by atoms with van der Waals surface area (Å²) in [7, 11) is 1.47. The van der Waals surface area contributed by atoms with Crippen molar-refractivity contribution in [1.29, 1.82) is 0 Å². The van der Waals surface area contributed by atoms with E-state index in [-0.39, 0.29) is 17.9 Å². The van der Waals surface area contributed by atoms with Crippen LogP contribution in [-0.2, 0) is 13.6 Å². The highest BCUT2D eigenvalue weighted by Gasteiger charge is 2.20. The Labute approximate surface area is 190 Å². The molecule has 0 amide bonds. The summed E-state index contributed by atoms with van der Waals surface area (Å²) in [5.41, 5.74) is 2.67.